The van der Waals surface area contributed by atoms with Crippen LogP contribution in [0.5, 0.6) is 0 Å². The van der Waals surface area contributed by atoms with E-state index in [0.29, 0.717) is 0 Å². The van der Waals surface area contributed by atoms with Crippen molar-refractivity contribution in [1.29, 1.82) is 0 Å². The van der Waals surface area contributed by atoms with E-state index in [4.69, 9.17) is 9.40 Å². The molecule has 0 fully saturated rings. The Kier molecular flexibility index (Phi) is 6.80. The van der Waals surface area contributed by atoms with E-state index < -0.39 is 0 Å². The molecule has 9 aromatic rings. The van der Waals surface area contributed by atoms with Crippen molar-refractivity contribution in [3.05, 3.63) is 175 Å². The summed E-state index contributed by atoms with van der Waals surface area (Å²) in [6.45, 7) is 8.77. The second-order valence-corrected chi connectivity index (χ2v) is 13.0. The van der Waals surface area contributed by atoms with Crippen molar-refractivity contribution in [2.45, 2.75) is 20.3 Å². The second-order valence-electron chi connectivity index (χ2n) is 13.0. The maximum atomic E-state index is 6.37. The topological polar surface area (TPSA) is 31.0 Å². The number of pyridine rings is 1. The van der Waals surface area contributed by atoms with Gasteiger partial charge >= 0.3 is 0 Å². The van der Waals surface area contributed by atoms with Crippen molar-refractivity contribution in [1.82, 2.24) is 9.55 Å². The van der Waals surface area contributed by atoms with Crippen LogP contribution in [0.4, 0.5) is 0 Å². The summed E-state index contributed by atoms with van der Waals surface area (Å²) in [5.74, 6) is 0. The molecule has 3 heterocycles. The van der Waals surface area contributed by atoms with Gasteiger partial charge in [0, 0.05) is 50.6 Å². The van der Waals surface area contributed by atoms with Crippen LogP contribution in [0.2, 0.25) is 0 Å². The minimum Gasteiger partial charge on any atom is -0.456 e. The Labute approximate surface area is 285 Å². The molecule has 3 heteroatoms. The van der Waals surface area contributed by atoms with Gasteiger partial charge in [0.2, 0.25) is 0 Å². The maximum absolute atomic E-state index is 6.37. The molecule has 3 nitrogen and oxygen atoms in total. The summed E-state index contributed by atoms with van der Waals surface area (Å²) in [4.78, 5) is 5.01. The van der Waals surface area contributed by atoms with Gasteiger partial charge in [-0.3, -0.25) is 4.98 Å². The number of nitrogens with zero attached hydrogens (tertiary/aromatic N) is 2. The van der Waals surface area contributed by atoms with Gasteiger partial charge in [-0.05, 0) is 90.1 Å². The summed E-state index contributed by atoms with van der Waals surface area (Å²) in [5, 5.41) is 4.70. The monoisotopic (exact) mass is 630 g/mol. The van der Waals surface area contributed by atoms with Crippen LogP contribution in [0.15, 0.2) is 157 Å². The SMILES string of the molecule is C=C(C)c1c(-c2cc(-n3c4ccccc4c4cc5c(cc43)oc3ccccc35)ccc2C)ccnc1-c1ccccc1Cc1ccccc1. The first kappa shape index (κ1) is 29.0. The number of aromatic nitrogens is 2. The van der Waals surface area contributed by atoms with Gasteiger partial charge in [0.05, 0.1) is 16.7 Å². The summed E-state index contributed by atoms with van der Waals surface area (Å²) >= 11 is 0. The number of benzene rings is 6. The molecule has 0 saturated carbocycles. The minimum absolute atomic E-state index is 0.833. The number of furan rings is 1. The first-order valence-corrected chi connectivity index (χ1v) is 16.8. The third-order valence-electron chi connectivity index (χ3n) is 9.83. The van der Waals surface area contributed by atoms with Crippen molar-refractivity contribution in [3.63, 3.8) is 0 Å². The van der Waals surface area contributed by atoms with Gasteiger partial charge in [-0.25, -0.2) is 0 Å². The molecule has 0 radical (unpaired) electrons. The number of rotatable bonds is 6. The minimum atomic E-state index is 0.833. The number of fused-ring (bicyclic) bond motifs is 6. The molecule has 0 spiro atoms. The molecular formula is C46H34N2O. The largest absolute Gasteiger partial charge is 0.456 e. The van der Waals surface area contributed by atoms with Gasteiger partial charge in [-0.1, -0.05) is 104 Å². The lowest BCUT2D eigenvalue weighted by Crippen LogP contribution is -2.01. The van der Waals surface area contributed by atoms with Gasteiger partial charge in [0.15, 0.2) is 0 Å². The van der Waals surface area contributed by atoms with Crippen LogP contribution in [0.25, 0.3) is 77.4 Å². The molecule has 0 atom stereocenters. The van der Waals surface area contributed by atoms with E-state index in [1.54, 1.807) is 0 Å². The highest BCUT2D eigenvalue weighted by atomic mass is 16.3. The average molecular weight is 631 g/mol. The van der Waals surface area contributed by atoms with E-state index in [1.165, 1.54) is 27.5 Å². The molecule has 0 bridgehead atoms. The molecule has 0 unspecified atom stereocenters. The average Bonchev–Trinajstić information content (AvgIpc) is 3.66. The van der Waals surface area contributed by atoms with E-state index in [9.17, 15) is 0 Å². The fourth-order valence-corrected chi connectivity index (χ4v) is 7.55. The third kappa shape index (κ3) is 4.77. The lowest BCUT2D eigenvalue weighted by atomic mass is 9.88. The molecule has 3 aromatic heterocycles. The highest BCUT2D eigenvalue weighted by Crippen LogP contribution is 2.41. The zero-order chi connectivity index (χ0) is 33.1. The summed E-state index contributed by atoms with van der Waals surface area (Å²) in [6.07, 6.45) is 2.78. The quantitative estimate of drug-likeness (QED) is 0.183. The van der Waals surface area contributed by atoms with Crippen LogP contribution >= 0.6 is 0 Å². The highest BCUT2D eigenvalue weighted by Gasteiger charge is 2.20. The van der Waals surface area contributed by atoms with E-state index in [1.807, 2.05) is 18.3 Å². The summed E-state index contributed by atoms with van der Waals surface area (Å²) in [5.41, 5.74) is 15.3. The fraction of sp³-hybridized carbons (Fsp3) is 0.0652. The number of hydrogen-bond acceptors (Lipinski definition) is 2. The molecule has 9 rings (SSSR count). The standard InChI is InChI=1S/C46H34N2O/c1-29(2)45-37(23-24-47-46(45)34-16-8-7-15-32(34)25-31-13-5-4-6-14-31)38-26-33(22-21-30(38)3)48-41-19-11-9-17-35(41)39-27-40-36-18-10-12-20-43(36)49-44(40)28-42(39)48/h4-24,26-28H,1,25H2,2-3H3. The van der Waals surface area contributed by atoms with Crippen LogP contribution in [0.1, 0.15) is 29.2 Å². The smallest absolute Gasteiger partial charge is 0.137 e. The van der Waals surface area contributed by atoms with Crippen molar-refractivity contribution >= 4 is 49.3 Å². The number of hydrogen-bond donors (Lipinski definition) is 0. The van der Waals surface area contributed by atoms with Crippen molar-refractivity contribution in [2.24, 2.45) is 0 Å². The fourth-order valence-electron chi connectivity index (χ4n) is 7.55. The van der Waals surface area contributed by atoms with Crippen molar-refractivity contribution in [3.8, 4) is 28.1 Å². The Morgan fingerprint density at radius 1 is 0.633 bits per heavy atom. The normalized spacial score (nSPS) is 11.6. The Hall–Kier alpha value is -6.19. The molecule has 6 aromatic carbocycles. The maximum Gasteiger partial charge on any atom is 0.137 e. The molecule has 49 heavy (non-hydrogen) atoms. The molecule has 0 amide bonds. The second kappa shape index (κ2) is 11.5. The van der Waals surface area contributed by atoms with Crippen LogP contribution in [-0.2, 0) is 6.42 Å². The summed E-state index contributed by atoms with van der Waals surface area (Å²) in [7, 11) is 0. The Morgan fingerprint density at radius 3 is 2.24 bits per heavy atom. The zero-order valence-corrected chi connectivity index (χ0v) is 27.6. The molecule has 234 valence electrons. The van der Waals surface area contributed by atoms with Crippen LogP contribution in [-0.4, -0.2) is 9.55 Å². The molecule has 0 aliphatic carbocycles. The third-order valence-corrected chi connectivity index (χ3v) is 9.83. The lowest BCUT2D eigenvalue weighted by Gasteiger charge is -2.19. The van der Waals surface area contributed by atoms with E-state index >= 15 is 0 Å². The predicted octanol–water partition coefficient (Wildman–Crippen LogP) is 12.3. The molecule has 0 saturated heterocycles. The Morgan fingerprint density at radius 2 is 1.39 bits per heavy atom. The van der Waals surface area contributed by atoms with Crippen LogP contribution < -0.4 is 0 Å². The van der Waals surface area contributed by atoms with Crippen LogP contribution in [0.3, 0.4) is 0 Å². The zero-order valence-electron chi connectivity index (χ0n) is 27.6. The van der Waals surface area contributed by atoms with E-state index in [0.717, 1.165) is 78.6 Å². The molecular weight excluding hydrogens is 597 g/mol. The Bertz CT molecular complexity index is 2730. The van der Waals surface area contributed by atoms with Gasteiger partial charge < -0.3 is 8.98 Å². The van der Waals surface area contributed by atoms with Gasteiger partial charge in [0.25, 0.3) is 0 Å². The summed E-state index contributed by atoms with van der Waals surface area (Å²) < 4.78 is 8.75. The van der Waals surface area contributed by atoms with E-state index in [2.05, 4.69) is 152 Å². The lowest BCUT2D eigenvalue weighted by molar-refractivity contribution is 0.669. The predicted molar refractivity (Wildman–Crippen MR) is 205 cm³/mol. The first-order valence-electron chi connectivity index (χ1n) is 16.8. The van der Waals surface area contributed by atoms with Gasteiger partial charge in [0.1, 0.15) is 11.2 Å². The summed E-state index contributed by atoms with van der Waals surface area (Å²) in [6, 6.07) is 49.6. The number of allylic oxidation sites excluding steroid dienone is 1. The number of aryl methyl sites for hydroxylation is 1. The molecule has 0 aliphatic heterocycles. The Balaban J connectivity index is 1.25. The number of para-hydroxylation sites is 2. The molecule has 0 N–H and O–H groups in total. The first-order chi connectivity index (χ1) is 24.0. The van der Waals surface area contributed by atoms with Gasteiger partial charge in [-0.15, -0.1) is 0 Å². The molecule has 0 aliphatic rings. The van der Waals surface area contributed by atoms with Crippen molar-refractivity contribution in [2.75, 3.05) is 0 Å². The highest BCUT2D eigenvalue weighted by molar-refractivity contribution is 6.17. The van der Waals surface area contributed by atoms with Gasteiger partial charge in [-0.2, -0.15) is 0 Å². The van der Waals surface area contributed by atoms with Crippen LogP contribution in [0, 0.1) is 6.92 Å². The van der Waals surface area contributed by atoms with E-state index in [-0.39, 0.29) is 0 Å². The van der Waals surface area contributed by atoms with Crippen molar-refractivity contribution < 1.29 is 4.42 Å².